The van der Waals surface area contributed by atoms with Crippen LogP contribution in [-0.4, -0.2) is 45.4 Å². The molecule has 4 heterocycles. The molecular formula is C18H20N6. The highest BCUT2D eigenvalue weighted by Crippen LogP contribution is 2.26. The van der Waals surface area contributed by atoms with Crippen molar-refractivity contribution in [2.75, 3.05) is 24.5 Å². The first-order chi connectivity index (χ1) is 11.8. The van der Waals surface area contributed by atoms with E-state index in [1.165, 1.54) is 6.42 Å². The highest BCUT2D eigenvalue weighted by atomic mass is 15.3. The van der Waals surface area contributed by atoms with Crippen LogP contribution in [0.4, 0.5) is 5.95 Å². The van der Waals surface area contributed by atoms with E-state index in [2.05, 4.69) is 27.4 Å². The van der Waals surface area contributed by atoms with Crippen LogP contribution in [0.5, 0.6) is 0 Å². The molecule has 1 N–H and O–H groups in total. The van der Waals surface area contributed by atoms with Crippen LogP contribution in [0, 0.1) is 12.8 Å². The number of piperidine rings is 1. The van der Waals surface area contributed by atoms with Crippen molar-refractivity contribution >= 4 is 16.9 Å². The van der Waals surface area contributed by atoms with E-state index < -0.39 is 0 Å². The molecule has 2 aliphatic rings. The zero-order valence-corrected chi connectivity index (χ0v) is 13.7. The molecule has 2 aromatic heterocycles. The number of fused-ring (bicyclic) bond motifs is 3. The van der Waals surface area contributed by atoms with E-state index in [0.29, 0.717) is 12.0 Å². The minimum absolute atomic E-state index is 0.571. The fourth-order valence-electron chi connectivity index (χ4n) is 3.94. The van der Waals surface area contributed by atoms with Gasteiger partial charge in [-0.2, -0.15) is 10.1 Å². The van der Waals surface area contributed by atoms with Crippen molar-refractivity contribution < 1.29 is 0 Å². The number of para-hydroxylation sites is 1. The molecule has 0 amide bonds. The number of rotatable bonds is 2. The van der Waals surface area contributed by atoms with Crippen LogP contribution in [-0.2, 0) is 0 Å². The first-order valence-electron chi connectivity index (χ1n) is 8.53. The van der Waals surface area contributed by atoms with Crippen LogP contribution in [0.25, 0.3) is 16.7 Å². The molecule has 2 fully saturated rings. The number of aryl methyl sites for hydroxylation is 1. The van der Waals surface area contributed by atoms with Crippen molar-refractivity contribution in [2.24, 2.45) is 5.92 Å². The molecular weight excluding hydrogens is 300 g/mol. The van der Waals surface area contributed by atoms with Gasteiger partial charge in [-0.15, -0.1) is 0 Å². The molecule has 2 saturated heterocycles. The van der Waals surface area contributed by atoms with E-state index in [1.807, 2.05) is 36.0 Å². The number of aromatic nitrogens is 4. The van der Waals surface area contributed by atoms with Crippen LogP contribution in [0.1, 0.15) is 12.1 Å². The van der Waals surface area contributed by atoms with E-state index >= 15 is 0 Å². The molecule has 2 bridgehead atoms. The average molecular weight is 320 g/mol. The summed E-state index contributed by atoms with van der Waals surface area (Å²) >= 11 is 0. The Morgan fingerprint density at radius 2 is 2.08 bits per heavy atom. The summed E-state index contributed by atoms with van der Waals surface area (Å²) in [7, 11) is 0. The molecule has 5 rings (SSSR count). The molecule has 0 saturated carbocycles. The van der Waals surface area contributed by atoms with Crippen LogP contribution in [0.15, 0.2) is 36.5 Å². The number of hydrogen-bond donors (Lipinski definition) is 1. The Labute approximate surface area is 140 Å². The maximum atomic E-state index is 4.83. The highest BCUT2D eigenvalue weighted by molar-refractivity contribution is 5.79. The van der Waals surface area contributed by atoms with Gasteiger partial charge in [0.15, 0.2) is 5.82 Å². The molecule has 1 aromatic carbocycles. The predicted molar refractivity (Wildman–Crippen MR) is 93.5 cm³/mol. The second-order valence-electron chi connectivity index (χ2n) is 6.89. The van der Waals surface area contributed by atoms with Crippen LogP contribution in [0.2, 0.25) is 0 Å². The lowest BCUT2D eigenvalue weighted by Gasteiger charge is -2.31. The van der Waals surface area contributed by atoms with Crippen molar-refractivity contribution in [3.8, 4) is 5.82 Å². The Balaban J connectivity index is 1.57. The Bertz CT molecular complexity index is 889. The largest absolute Gasteiger partial charge is 0.339 e. The van der Waals surface area contributed by atoms with Crippen LogP contribution in [0.3, 0.4) is 0 Å². The minimum atomic E-state index is 0.571. The molecule has 3 aromatic rings. The van der Waals surface area contributed by atoms with E-state index in [1.54, 1.807) is 0 Å². The van der Waals surface area contributed by atoms with E-state index in [0.717, 1.165) is 48.0 Å². The molecule has 0 spiro atoms. The summed E-state index contributed by atoms with van der Waals surface area (Å²) in [5, 5.41) is 9.24. The topological polar surface area (TPSA) is 58.9 Å². The Morgan fingerprint density at radius 3 is 3.00 bits per heavy atom. The van der Waals surface area contributed by atoms with Gasteiger partial charge < -0.3 is 10.2 Å². The summed E-state index contributed by atoms with van der Waals surface area (Å²) in [6.07, 6.45) is 3.16. The molecule has 2 aliphatic heterocycles. The lowest BCUT2D eigenvalue weighted by molar-refractivity contribution is 0.468. The fourth-order valence-corrected chi connectivity index (χ4v) is 3.94. The highest BCUT2D eigenvalue weighted by Gasteiger charge is 2.33. The third-order valence-corrected chi connectivity index (χ3v) is 5.04. The molecule has 122 valence electrons. The van der Waals surface area contributed by atoms with Crippen molar-refractivity contribution in [1.82, 2.24) is 25.1 Å². The van der Waals surface area contributed by atoms with Crippen molar-refractivity contribution in [3.05, 3.63) is 42.2 Å². The summed E-state index contributed by atoms with van der Waals surface area (Å²) in [4.78, 5) is 11.8. The standard InChI is InChI=1S/C18H20N6/c1-12-6-17(24-16-5-3-2-4-14(16)9-20-24)22-18(21-12)23-10-13-7-15(11-23)19-8-13/h2-6,9,13,15,19H,7-8,10-11H2,1H3. The lowest BCUT2D eigenvalue weighted by Crippen LogP contribution is -2.42. The van der Waals surface area contributed by atoms with Crippen molar-refractivity contribution in [1.29, 1.82) is 0 Å². The predicted octanol–water partition coefficient (Wildman–Crippen LogP) is 1.92. The summed E-state index contributed by atoms with van der Waals surface area (Å²) in [5.74, 6) is 2.37. The summed E-state index contributed by atoms with van der Waals surface area (Å²) < 4.78 is 1.91. The second-order valence-corrected chi connectivity index (χ2v) is 6.89. The van der Waals surface area contributed by atoms with Gasteiger partial charge in [-0.3, -0.25) is 0 Å². The van der Waals surface area contributed by atoms with Gasteiger partial charge in [-0.25, -0.2) is 9.67 Å². The third kappa shape index (κ3) is 2.26. The SMILES string of the molecule is Cc1cc(-n2ncc3ccccc32)nc(N2CC3CNC(C3)C2)n1. The third-order valence-electron chi connectivity index (χ3n) is 5.04. The Hall–Kier alpha value is -2.47. The number of benzene rings is 1. The van der Waals surface area contributed by atoms with Crippen LogP contribution >= 0.6 is 0 Å². The van der Waals surface area contributed by atoms with Gasteiger partial charge in [0.25, 0.3) is 0 Å². The monoisotopic (exact) mass is 320 g/mol. The van der Waals surface area contributed by atoms with E-state index in [4.69, 9.17) is 9.97 Å². The lowest BCUT2D eigenvalue weighted by atomic mass is 10.0. The first kappa shape index (κ1) is 13.9. The zero-order chi connectivity index (χ0) is 16.1. The quantitative estimate of drug-likeness (QED) is 0.782. The summed E-state index contributed by atoms with van der Waals surface area (Å²) in [6.45, 7) is 5.16. The van der Waals surface area contributed by atoms with E-state index in [9.17, 15) is 0 Å². The molecule has 2 unspecified atom stereocenters. The van der Waals surface area contributed by atoms with Gasteiger partial charge in [-0.05, 0) is 25.3 Å². The molecule has 24 heavy (non-hydrogen) atoms. The van der Waals surface area contributed by atoms with Gasteiger partial charge in [0.2, 0.25) is 5.95 Å². The van der Waals surface area contributed by atoms with Gasteiger partial charge in [0.1, 0.15) is 0 Å². The Morgan fingerprint density at radius 1 is 1.17 bits per heavy atom. The molecule has 0 radical (unpaired) electrons. The van der Waals surface area contributed by atoms with Gasteiger partial charge in [0, 0.05) is 42.8 Å². The number of nitrogens with zero attached hydrogens (tertiary/aromatic N) is 5. The zero-order valence-electron chi connectivity index (χ0n) is 13.7. The fraction of sp³-hybridized carbons (Fsp3) is 0.389. The number of anilines is 1. The van der Waals surface area contributed by atoms with E-state index in [-0.39, 0.29) is 0 Å². The maximum absolute atomic E-state index is 4.83. The summed E-state index contributed by atoms with van der Waals surface area (Å²) in [6, 6.07) is 10.8. The summed E-state index contributed by atoms with van der Waals surface area (Å²) in [5.41, 5.74) is 2.04. The van der Waals surface area contributed by atoms with Gasteiger partial charge in [0.05, 0.1) is 11.7 Å². The molecule has 0 aliphatic carbocycles. The second kappa shape index (κ2) is 5.27. The van der Waals surface area contributed by atoms with Crippen molar-refractivity contribution in [3.63, 3.8) is 0 Å². The number of hydrogen-bond acceptors (Lipinski definition) is 5. The van der Waals surface area contributed by atoms with Gasteiger partial charge >= 0.3 is 0 Å². The maximum Gasteiger partial charge on any atom is 0.227 e. The minimum Gasteiger partial charge on any atom is -0.339 e. The first-order valence-corrected chi connectivity index (χ1v) is 8.53. The molecule has 2 atom stereocenters. The molecule has 6 nitrogen and oxygen atoms in total. The van der Waals surface area contributed by atoms with Gasteiger partial charge in [-0.1, -0.05) is 18.2 Å². The van der Waals surface area contributed by atoms with Crippen LogP contribution < -0.4 is 10.2 Å². The molecule has 6 heteroatoms. The normalized spacial score (nSPS) is 23.1. The average Bonchev–Trinajstić information content (AvgIpc) is 3.17. The number of nitrogens with one attached hydrogen (secondary N) is 1. The smallest absolute Gasteiger partial charge is 0.227 e. The Kier molecular flexibility index (Phi) is 3.06. The van der Waals surface area contributed by atoms with Crippen molar-refractivity contribution in [2.45, 2.75) is 19.4 Å².